The summed E-state index contributed by atoms with van der Waals surface area (Å²) in [6.07, 6.45) is 0. The molecule has 154 valence electrons. The molecule has 30 heavy (non-hydrogen) atoms. The summed E-state index contributed by atoms with van der Waals surface area (Å²) in [5.74, 6) is 2.69. The monoisotopic (exact) mass is 405 g/mol. The number of aryl methyl sites for hydroxylation is 1. The highest BCUT2D eigenvalue weighted by Crippen LogP contribution is 2.32. The number of methoxy groups -OCH3 is 1. The standard InChI is InChI=1S/C24H23NO5/c1-16-4-3-5-20(10-16)28-14-19-12-18(7-9-21(19)27-2)24(26)25-13-17-6-8-22-23(11-17)30-15-29-22/h3-12H,13-15H2,1-2H3,(H,25,26). The van der Waals surface area contributed by atoms with E-state index >= 15 is 0 Å². The van der Waals surface area contributed by atoms with Crippen LogP contribution in [0.1, 0.15) is 27.0 Å². The topological polar surface area (TPSA) is 66.0 Å². The molecule has 0 atom stereocenters. The van der Waals surface area contributed by atoms with Gasteiger partial charge in [0.05, 0.1) is 7.11 Å². The number of ether oxygens (including phenoxy) is 4. The molecule has 3 aromatic rings. The van der Waals surface area contributed by atoms with E-state index in [0.29, 0.717) is 30.2 Å². The summed E-state index contributed by atoms with van der Waals surface area (Å²) in [7, 11) is 1.60. The zero-order valence-electron chi connectivity index (χ0n) is 16.9. The fourth-order valence-corrected chi connectivity index (χ4v) is 3.23. The molecule has 3 aromatic carbocycles. The van der Waals surface area contributed by atoms with E-state index in [2.05, 4.69) is 5.32 Å². The molecule has 1 heterocycles. The normalized spacial score (nSPS) is 11.8. The van der Waals surface area contributed by atoms with E-state index in [1.165, 1.54) is 0 Å². The number of fused-ring (bicyclic) bond motifs is 1. The Morgan fingerprint density at radius 1 is 1.03 bits per heavy atom. The molecule has 0 fully saturated rings. The van der Waals surface area contributed by atoms with Crippen molar-refractivity contribution < 1.29 is 23.7 Å². The van der Waals surface area contributed by atoms with Crippen LogP contribution in [0.4, 0.5) is 0 Å². The zero-order chi connectivity index (χ0) is 20.9. The number of benzene rings is 3. The molecular formula is C24H23NO5. The largest absolute Gasteiger partial charge is 0.496 e. The van der Waals surface area contributed by atoms with Gasteiger partial charge in [-0.15, -0.1) is 0 Å². The number of carbonyl (C=O) groups is 1. The maximum Gasteiger partial charge on any atom is 0.251 e. The molecule has 6 heteroatoms. The van der Waals surface area contributed by atoms with Crippen molar-refractivity contribution in [3.8, 4) is 23.0 Å². The Morgan fingerprint density at radius 2 is 1.90 bits per heavy atom. The average Bonchev–Trinajstić information content (AvgIpc) is 3.24. The lowest BCUT2D eigenvalue weighted by molar-refractivity contribution is 0.0950. The van der Waals surface area contributed by atoms with Crippen molar-refractivity contribution in [1.29, 1.82) is 0 Å². The van der Waals surface area contributed by atoms with E-state index in [0.717, 1.165) is 28.2 Å². The third-order valence-corrected chi connectivity index (χ3v) is 4.82. The molecule has 0 bridgehead atoms. The maximum atomic E-state index is 12.7. The third-order valence-electron chi connectivity index (χ3n) is 4.82. The number of rotatable bonds is 7. The minimum atomic E-state index is -0.174. The molecule has 1 amide bonds. The summed E-state index contributed by atoms with van der Waals surface area (Å²) in [6.45, 7) is 2.93. The minimum absolute atomic E-state index is 0.174. The predicted octanol–water partition coefficient (Wildman–Crippen LogP) is 4.24. The molecule has 0 spiro atoms. The summed E-state index contributed by atoms with van der Waals surface area (Å²) >= 11 is 0. The molecule has 1 N–H and O–H groups in total. The van der Waals surface area contributed by atoms with Crippen LogP contribution in [0.25, 0.3) is 0 Å². The van der Waals surface area contributed by atoms with Crippen LogP contribution in [0, 0.1) is 6.92 Å². The Balaban J connectivity index is 1.43. The van der Waals surface area contributed by atoms with Crippen LogP contribution in [-0.2, 0) is 13.2 Å². The Kier molecular flexibility index (Phi) is 5.75. The first-order valence-corrected chi connectivity index (χ1v) is 9.65. The van der Waals surface area contributed by atoms with Gasteiger partial charge in [0.1, 0.15) is 18.1 Å². The first-order valence-electron chi connectivity index (χ1n) is 9.65. The molecule has 1 aliphatic heterocycles. The third kappa shape index (κ3) is 4.49. The van der Waals surface area contributed by atoms with Crippen molar-refractivity contribution in [3.05, 3.63) is 82.9 Å². The van der Waals surface area contributed by atoms with Crippen molar-refractivity contribution in [2.24, 2.45) is 0 Å². The van der Waals surface area contributed by atoms with Crippen molar-refractivity contribution >= 4 is 5.91 Å². The Hall–Kier alpha value is -3.67. The van der Waals surface area contributed by atoms with Crippen LogP contribution < -0.4 is 24.3 Å². The lowest BCUT2D eigenvalue weighted by Crippen LogP contribution is -2.23. The number of hydrogen-bond acceptors (Lipinski definition) is 5. The zero-order valence-corrected chi connectivity index (χ0v) is 16.9. The number of hydrogen-bond donors (Lipinski definition) is 1. The second-order valence-electron chi connectivity index (χ2n) is 7.00. The number of amides is 1. The van der Waals surface area contributed by atoms with Crippen LogP contribution in [0.2, 0.25) is 0 Å². The molecule has 6 nitrogen and oxygen atoms in total. The highest BCUT2D eigenvalue weighted by atomic mass is 16.7. The second-order valence-corrected chi connectivity index (χ2v) is 7.00. The van der Waals surface area contributed by atoms with Crippen LogP contribution in [-0.4, -0.2) is 19.8 Å². The Labute approximate surface area is 175 Å². The van der Waals surface area contributed by atoms with Gasteiger partial charge in [-0.25, -0.2) is 0 Å². The molecule has 4 rings (SSSR count). The SMILES string of the molecule is COc1ccc(C(=O)NCc2ccc3c(c2)OCO3)cc1COc1cccc(C)c1. The van der Waals surface area contributed by atoms with Gasteiger partial charge in [0.15, 0.2) is 11.5 Å². The van der Waals surface area contributed by atoms with Gasteiger partial charge in [0, 0.05) is 17.7 Å². The first kappa shape index (κ1) is 19.6. The van der Waals surface area contributed by atoms with Gasteiger partial charge in [0.2, 0.25) is 6.79 Å². The second kappa shape index (κ2) is 8.78. The van der Waals surface area contributed by atoms with E-state index in [1.54, 1.807) is 25.3 Å². The van der Waals surface area contributed by atoms with E-state index in [9.17, 15) is 4.79 Å². The molecular weight excluding hydrogens is 382 g/mol. The van der Waals surface area contributed by atoms with Gasteiger partial charge >= 0.3 is 0 Å². The average molecular weight is 405 g/mol. The van der Waals surface area contributed by atoms with Gasteiger partial charge in [-0.3, -0.25) is 4.79 Å². The van der Waals surface area contributed by atoms with Crippen LogP contribution in [0.15, 0.2) is 60.7 Å². The van der Waals surface area contributed by atoms with Gasteiger partial charge in [-0.05, 0) is 60.5 Å². The van der Waals surface area contributed by atoms with Crippen molar-refractivity contribution in [2.45, 2.75) is 20.1 Å². The molecule has 0 aliphatic carbocycles. The number of carbonyl (C=O) groups excluding carboxylic acids is 1. The quantitative estimate of drug-likeness (QED) is 0.637. The number of nitrogens with one attached hydrogen (secondary N) is 1. The van der Waals surface area contributed by atoms with E-state index in [-0.39, 0.29) is 12.7 Å². The van der Waals surface area contributed by atoms with Crippen LogP contribution >= 0.6 is 0 Å². The van der Waals surface area contributed by atoms with Crippen molar-refractivity contribution in [2.75, 3.05) is 13.9 Å². The van der Waals surface area contributed by atoms with E-state index in [1.807, 2.05) is 49.4 Å². The van der Waals surface area contributed by atoms with Gasteiger partial charge in [-0.2, -0.15) is 0 Å². The van der Waals surface area contributed by atoms with E-state index < -0.39 is 0 Å². The maximum absolute atomic E-state index is 12.7. The molecule has 0 saturated heterocycles. The van der Waals surface area contributed by atoms with Gasteiger partial charge in [-0.1, -0.05) is 18.2 Å². The highest BCUT2D eigenvalue weighted by molar-refractivity contribution is 5.94. The molecule has 0 radical (unpaired) electrons. The lowest BCUT2D eigenvalue weighted by atomic mass is 10.1. The van der Waals surface area contributed by atoms with E-state index in [4.69, 9.17) is 18.9 Å². The predicted molar refractivity (Wildman–Crippen MR) is 112 cm³/mol. The summed E-state index contributed by atoms with van der Waals surface area (Å²) in [6, 6.07) is 18.8. The summed E-state index contributed by atoms with van der Waals surface area (Å²) in [5.41, 5.74) is 3.40. The smallest absolute Gasteiger partial charge is 0.251 e. The highest BCUT2D eigenvalue weighted by Gasteiger charge is 2.14. The first-order chi connectivity index (χ1) is 14.6. The summed E-state index contributed by atoms with van der Waals surface area (Å²) in [5, 5.41) is 2.94. The summed E-state index contributed by atoms with van der Waals surface area (Å²) in [4.78, 5) is 12.7. The molecule has 0 saturated carbocycles. The summed E-state index contributed by atoms with van der Waals surface area (Å²) < 4.78 is 22.0. The lowest BCUT2D eigenvalue weighted by Gasteiger charge is -2.13. The Morgan fingerprint density at radius 3 is 2.73 bits per heavy atom. The van der Waals surface area contributed by atoms with Crippen LogP contribution in [0.3, 0.4) is 0 Å². The van der Waals surface area contributed by atoms with Gasteiger partial charge in [0.25, 0.3) is 5.91 Å². The fourth-order valence-electron chi connectivity index (χ4n) is 3.23. The molecule has 0 unspecified atom stereocenters. The Bertz CT molecular complexity index is 1060. The fraction of sp³-hybridized carbons (Fsp3) is 0.208. The minimum Gasteiger partial charge on any atom is -0.496 e. The molecule has 1 aliphatic rings. The van der Waals surface area contributed by atoms with Crippen molar-refractivity contribution in [1.82, 2.24) is 5.32 Å². The molecule has 0 aromatic heterocycles. The van der Waals surface area contributed by atoms with Crippen molar-refractivity contribution in [3.63, 3.8) is 0 Å². The van der Waals surface area contributed by atoms with Gasteiger partial charge < -0.3 is 24.3 Å². The van der Waals surface area contributed by atoms with Crippen LogP contribution in [0.5, 0.6) is 23.0 Å².